The molecule has 0 fully saturated rings. The second-order valence-corrected chi connectivity index (χ2v) is 5.11. The Hall–Kier alpha value is -0.780. The molecule has 0 aliphatic carbocycles. The van der Waals surface area contributed by atoms with E-state index in [9.17, 15) is 8.60 Å². The van der Waals surface area contributed by atoms with Crippen molar-refractivity contribution in [3.63, 3.8) is 0 Å². The van der Waals surface area contributed by atoms with Gasteiger partial charge in [-0.15, -0.1) is 0 Å². The Labute approximate surface area is 103 Å². The Bertz CT molecular complexity index is 353. The number of ether oxygens (including phenoxy) is 1. The molecule has 0 radical (unpaired) electrons. The molecule has 0 aliphatic heterocycles. The van der Waals surface area contributed by atoms with Crippen molar-refractivity contribution in [3.8, 4) is 0 Å². The van der Waals surface area contributed by atoms with Crippen LogP contribution in [0.5, 0.6) is 0 Å². The van der Waals surface area contributed by atoms with Gasteiger partial charge in [-0.25, -0.2) is 0 Å². The molecule has 1 unspecified atom stereocenters. The van der Waals surface area contributed by atoms with Crippen molar-refractivity contribution >= 4 is 10.8 Å². The molecule has 0 saturated heterocycles. The largest absolute Gasteiger partial charge is 0.395 e. The number of methoxy groups -OCH3 is 1. The molecule has 0 heterocycles. The standard InChI is InChI=1S/C12H17FO3S/c1-16-12(6-7-13)10-2-4-11(5-3-10)17(15)9-8-14/h2-5,12,14H,6-9H2,1H3/t12-,17?/m0/s1. The molecule has 5 heteroatoms. The molecule has 1 aromatic carbocycles. The molecule has 0 saturated carbocycles. The van der Waals surface area contributed by atoms with Crippen molar-refractivity contribution in [2.45, 2.75) is 17.4 Å². The summed E-state index contributed by atoms with van der Waals surface area (Å²) in [7, 11) is 0.364. The van der Waals surface area contributed by atoms with Gasteiger partial charge in [0.15, 0.2) is 0 Å². The van der Waals surface area contributed by atoms with Crippen LogP contribution in [-0.4, -0.2) is 35.5 Å². The van der Waals surface area contributed by atoms with Gasteiger partial charge in [0.25, 0.3) is 0 Å². The van der Waals surface area contributed by atoms with Crippen molar-refractivity contribution in [1.29, 1.82) is 0 Å². The van der Waals surface area contributed by atoms with Crippen molar-refractivity contribution in [2.24, 2.45) is 0 Å². The number of hydrogen-bond donors (Lipinski definition) is 1. The Morgan fingerprint density at radius 3 is 2.53 bits per heavy atom. The summed E-state index contributed by atoms with van der Waals surface area (Å²) in [5.41, 5.74) is 0.870. The van der Waals surface area contributed by atoms with E-state index in [1.807, 2.05) is 0 Å². The normalized spacial score (nSPS) is 14.5. The molecule has 1 N–H and O–H groups in total. The van der Waals surface area contributed by atoms with Crippen LogP contribution in [-0.2, 0) is 15.5 Å². The maximum absolute atomic E-state index is 12.3. The van der Waals surface area contributed by atoms with Crippen molar-refractivity contribution in [2.75, 3.05) is 26.1 Å². The van der Waals surface area contributed by atoms with Crippen molar-refractivity contribution in [1.82, 2.24) is 0 Å². The molecule has 0 spiro atoms. The zero-order valence-electron chi connectivity index (χ0n) is 9.77. The number of rotatable bonds is 7. The molecule has 17 heavy (non-hydrogen) atoms. The highest BCUT2D eigenvalue weighted by Gasteiger charge is 2.11. The number of aliphatic hydroxyl groups excluding tert-OH is 1. The first kappa shape index (κ1) is 14.3. The summed E-state index contributed by atoms with van der Waals surface area (Å²) >= 11 is 0. The quantitative estimate of drug-likeness (QED) is 0.813. The van der Waals surface area contributed by atoms with E-state index < -0.39 is 17.5 Å². The minimum Gasteiger partial charge on any atom is -0.395 e. The third-order valence-electron chi connectivity index (χ3n) is 2.45. The summed E-state index contributed by atoms with van der Waals surface area (Å²) in [4.78, 5) is 0.665. The molecule has 1 aromatic rings. The number of hydrogen-bond acceptors (Lipinski definition) is 3. The maximum atomic E-state index is 12.3. The van der Waals surface area contributed by atoms with Gasteiger partial charge in [0.05, 0.1) is 35.9 Å². The topological polar surface area (TPSA) is 46.5 Å². The van der Waals surface area contributed by atoms with Crippen LogP contribution in [0.2, 0.25) is 0 Å². The fourth-order valence-corrected chi connectivity index (χ4v) is 2.40. The third kappa shape index (κ3) is 4.18. The van der Waals surface area contributed by atoms with E-state index in [2.05, 4.69) is 0 Å². The highest BCUT2D eigenvalue weighted by Crippen LogP contribution is 2.21. The molecule has 3 nitrogen and oxygen atoms in total. The molecule has 0 bridgehead atoms. The fourth-order valence-electron chi connectivity index (χ4n) is 1.55. The minimum absolute atomic E-state index is 0.100. The van der Waals surface area contributed by atoms with Crippen LogP contribution in [0.1, 0.15) is 18.1 Å². The summed E-state index contributed by atoms with van der Waals surface area (Å²) in [6.45, 7) is -0.534. The van der Waals surface area contributed by atoms with Crippen LogP contribution in [0.4, 0.5) is 4.39 Å². The van der Waals surface area contributed by atoms with Gasteiger partial charge in [-0.1, -0.05) is 12.1 Å². The van der Waals surface area contributed by atoms with Gasteiger partial charge < -0.3 is 9.84 Å². The predicted molar refractivity (Wildman–Crippen MR) is 65.1 cm³/mol. The molecule has 0 amide bonds. The van der Waals surface area contributed by atoms with Gasteiger partial charge >= 0.3 is 0 Å². The molecule has 0 aromatic heterocycles. The number of halogens is 1. The van der Waals surface area contributed by atoms with Gasteiger partial charge in [-0.05, 0) is 17.7 Å². The third-order valence-corrected chi connectivity index (χ3v) is 3.80. The monoisotopic (exact) mass is 260 g/mol. The summed E-state index contributed by atoms with van der Waals surface area (Å²) in [5, 5.41) is 8.69. The second kappa shape index (κ2) is 7.53. The smallest absolute Gasteiger partial charge is 0.0922 e. The van der Waals surface area contributed by atoms with E-state index in [0.29, 0.717) is 11.3 Å². The highest BCUT2D eigenvalue weighted by molar-refractivity contribution is 7.85. The van der Waals surface area contributed by atoms with E-state index in [0.717, 1.165) is 5.56 Å². The van der Waals surface area contributed by atoms with E-state index in [1.165, 1.54) is 7.11 Å². The highest BCUT2D eigenvalue weighted by atomic mass is 32.2. The van der Waals surface area contributed by atoms with Gasteiger partial charge in [-0.2, -0.15) is 0 Å². The van der Waals surface area contributed by atoms with Crippen LogP contribution < -0.4 is 0 Å². The minimum atomic E-state index is -1.18. The van der Waals surface area contributed by atoms with E-state index in [1.54, 1.807) is 24.3 Å². The fraction of sp³-hybridized carbons (Fsp3) is 0.500. The van der Waals surface area contributed by atoms with Crippen LogP contribution in [0.3, 0.4) is 0 Å². The van der Waals surface area contributed by atoms with E-state index in [-0.39, 0.29) is 18.5 Å². The van der Waals surface area contributed by atoms with Crippen molar-refractivity contribution in [3.05, 3.63) is 29.8 Å². The van der Waals surface area contributed by atoms with Gasteiger partial charge in [0.1, 0.15) is 0 Å². The lowest BCUT2D eigenvalue weighted by atomic mass is 10.1. The van der Waals surface area contributed by atoms with Gasteiger partial charge in [0, 0.05) is 18.4 Å². The lowest BCUT2D eigenvalue weighted by Crippen LogP contribution is -2.04. The maximum Gasteiger partial charge on any atom is 0.0922 e. The SMILES string of the molecule is CO[C@@H](CCF)c1ccc(S(=O)CCO)cc1. The average Bonchev–Trinajstić information content (AvgIpc) is 2.36. The molecule has 96 valence electrons. The zero-order chi connectivity index (χ0) is 12.7. The zero-order valence-corrected chi connectivity index (χ0v) is 10.6. The lowest BCUT2D eigenvalue weighted by molar-refractivity contribution is 0.0890. The second-order valence-electron chi connectivity index (χ2n) is 3.54. The summed E-state index contributed by atoms with van der Waals surface area (Å²) < 4.78 is 29.0. The Morgan fingerprint density at radius 2 is 2.06 bits per heavy atom. The number of benzene rings is 1. The molecule has 2 atom stereocenters. The van der Waals surface area contributed by atoms with Crippen molar-refractivity contribution < 1.29 is 18.4 Å². The van der Waals surface area contributed by atoms with Gasteiger partial charge in [0.2, 0.25) is 0 Å². The van der Waals surface area contributed by atoms with Crippen LogP contribution >= 0.6 is 0 Å². The van der Waals surface area contributed by atoms with E-state index in [4.69, 9.17) is 9.84 Å². The summed E-state index contributed by atoms with van der Waals surface area (Å²) in [5.74, 6) is 0.234. The number of alkyl halides is 1. The predicted octanol–water partition coefficient (Wildman–Crippen LogP) is 1.83. The van der Waals surface area contributed by atoms with E-state index >= 15 is 0 Å². The first-order chi connectivity index (χ1) is 8.22. The molecular weight excluding hydrogens is 243 g/mol. The van der Waals surface area contributed by atoms with Crippen LogP contribution in [0, 0.1) is 0 Å². The Balaban J connectivity index is 2.76. The Morgan fingerprint density at radius 1 is 1.41 bits per heavy atom. The van der Waals surface area contributed by atoms with Crippen LogP contribution in [0.15, 0.2) is 29.2 Å². The lowest BCUT2D eigenvalue weighted by Gasteiger charge is -2.14. The number of aliphatic hydroxyl groups is 1. The Kier molecular flexibility index (Phi) is 6.32. The molecule has 0 aliphatic rings. The average molecular weight is 260 g/mol. The first-order valence-electron chi connectivity index (χ1n) is 5.41. The summed E-state index contributed by atoms with van der Waals surface area (Å²) in [6, 6.07) is 7.03. The molecular formula is C12H17FO3S. The molecule has 1 rings (SSSR count). The summed E-state index contributed by atoms with van der Waals surface area (Å²) in [6.07, 6.45) is 0.0515. The first-order valence-corrected chi connectivity index (χ1v) is 6.72. The van der Waals surface area contributed by atoms with Gasteiger partial charge in [-0.3, -0.25) is 8.60 Å². The van der Waals surface area contributed by atoms with Crippen LogP contribution in [0.25, 0.3) is 0 Å².